The first-order valence-corrected chi connectivity index (χ1v) is 10.7. The molecule has 9 heteroatoms. The third kappa shape index (κ3) is 5.77. The zero-order valence-corrected chi connectivity index (χ0v) is 16.9. The molecule has 2 aromatic carbocycles. The van der Waals surface area contributed by atoms with Crippen molar-refractivity contribution in [2.75, 3.05) is 11.9 Å². The Labute approximate surface area is 173 Å². The number of halogens is 1. The minimum atomic E-state index is -3.43. The Kier molecular flexibility index (Phi) is 6.48. The summed E-state index contributed by atoms with van der Waals surface area (Å²) in [6, 6.07) is 15.4. The number of H-pyrrole nitrogens is 1. The second kappa shape index (κ2) is 9.04. The van der Waals surface area contributed by atoms with Crippen molar-refractivity contribution in [3.63, 3.8) is 0 Å². The molecule has 1 heterocycles. The van der Waals surface area contributed by atoms with Gasteiger partial charge in [0.25, 0.3) is 5.91 Å². The number of amides is 1. The maximum Gasteiger partial charge on any atom is 0.273 e. The predicted octanol–water partition coefficient (Wildman–Crippen LogP) is 3.59. The van der Waals surface area contributed by atoms with Crippen LogP contribution in [0.2, 0.25) is 5.02 Å². The molecule has 3 N–H and O–H groups in total. The average Bonchev–Trinajstić information content (AvgIpc) is 3.18. The molecule has 0 atom stereocenters. The molecule has 0 fully saturated rings. The Morgan fingerprint density at radius 3 is 2.62 bits per heavy atom. The fourth-order valence-electron chi connectivity index (χ4n) is 2.57. The number of nitrogens with zero attached hydrogens (tertiary/aromatic N) is 1. The number of carbonyl (C=O) groups is 1. The Bertz CT molecular complexity index is 1120. The normalized spacial score (nSPS) is 11.2. The van der Waals surface area contributed by atoms with Crippen molar-refractivity contribution in [3.8, 4) is 11.3 Å². The Morgan fingerprint density at radius 2 is 1.93 bits per heavy atom. The number of rotatable bonds is 8. The molecule has 0 aliphatic carbocycles. The molecule has 0 radical (unpaired) electrons. The number of hydrogen-bond donors (Lipinski definition) is 3. The monoisotopic (exact) mass is 430 g/mol. The Balaban J connectivity index is 1.65. The van der Waals surface area contributed by atoms with E-state index in [-0.39, 0.29) is 18.2 Å². The van der Waals surface area contributed by atoms with E-state index in [2.05, 4.69) is 26.8 Å². The van der Waals surface area contributed by atoms with Crippen molar-refractivity contribution in [2.24, 2.45) is 0 Å². The lowest BCUT2D eigenvalue weighted by Crippen LogP contribution is -2.25. The number of sulfonamides is 1. The van der Waals surface area contributed by atoms with Crippen molar-refractivity contribution >= 4 is 33.2 Å². The maximum atomic E-state index is 12.4. The topological polar surface area (TPSA) is 104 Å². The van der Waals surface area contributed by atoms with Gasteiger partial charge in [-0.05, 0) is 35.9 Å². The van der Waals surface area contributed by atoms with Gasteiger partial charge >= 0.3 is 0 Å². The van der Waals surface area contributed by atoms with E-state index in [1.807, 2.05) is 6.07 Å². The fourth-order valence-corrected chi connectivity index (χ4v) is 3.87. The van der Waals surface area contributed by atoms with E-state index in [0.717, 1.165) is 5.56 Å². The van der Waals surface area contributed by atoms with Crippen LogP contribution in [0.5, 0.6) is 0 Å². The number of aromatic nitrogens is 2. The van der Waals surface area contributed by atoms with Gasteiger partial charge in [0.05, 0.1) is 11.4 Å². The highest BCUT2D eigenvalue weighted by molar-refractivity contribution is 7.88. The SMILES string of the molecule is C=CCNS(=O)(=O)Cc1ccc(NC(=O)c2cc(-c3cccc(Cl)c3)n[nH]2)cc1. The van der Waals surface area contributed by atoms with Crippen molar-refractivity contribution in [2.45, 2.75) is 5.75 Å². The molecule has 0 bridgehead atoms. The van der Waals surface area contributed by atoms with Gasteiger partial charge in [-0.15, -0.1) is 6.58 Å². The van der Waals surface area contributed by atoms with Crippen LogP contribution in [-0.4, -0.2) is 31.1 Å². The summed E-state index contributed by atoms with van der Waals surface area (Å²) in [5, 5.41) is 10.2. The highest BCUT2D eigenvalue weighted by Crippen LogP contribution is 2.22. The largest absolute Gasteiger partial charge is 0.321 e. The number of anilines is 1. The molecule has 1 amide bonds. The summed E-state index contributed by atoms with van der Waals surface area (Å²) in [6.45, 7) is 3.66. The smallest absolute Gasteiger partial charge is 0.273 e. The van der Waals surface area contributed by atoms with E-state index in [0.29, 0.717) is 27.7 Å². The molecule has 29 heavy (non-hydrogen) atoms. The first-order chi connectivity index (χ1) is 13.9. The van der Waals surface area contributed by atoms with Gasteiger partial charge in [0.1, 0.15) is 5.69 Å². The van der Waals surface area contributed by atoms with Crippen LogP contribution in [0.3, 0.4) is 0 Å². The van der Waals surface area contributed by atoms with Crippen molar-refractivity contribution in [1.82, 2.24) is 14.9 Å². The zero-order chi connectivity index (χ0) is 20.9. The van der Waals surface area contributed by atoms with Crippen LogP contribution < -0.4 is 10.0 Å². The zero-order valence-electron chi connectivity index (χ0n) is 15.4. The van der Waals surface area contributed by atoms with Crippen LogP contribution in [0.1, 0.15) is 16.1 Å². The third-order valence-electron chi connectivity index (χ3n) is 3.96. The number of carbonyl (C=O) groups excluding carboxylic acids is 1. The molecule has 0 aliphatic rings. The molecule has 0 aliphatic heterocycles. The van der Waals surface area contributed by atoms with Gasteiger partial charge in [0.15, 0.2) is 0 Å². The van der Waals surface area contributed by atoms with Gasteiger partial charge in [0, 0.05) is 22.8 Å². The Hall–Kier alpha value is -2.94. The fraction of sp³-hybridized carbons (Fsp3) is 0.100. The number of hydrogen-bond acceptors (Lipinski definition) is 4. The van der Waals surface area contributed by atoms with E-state index >= 15 is 0 Å². The molecule has 3 rings (SSSR count). The summed E-state index contributed by atoms with van der Waals surface area (Å²) >= 11 is 5.99. The molecule has 0 saturated heterocycles. The minimum absolute atomic E-state index is 0.154. The summed E-state index contributed by atoms with van der Waals surface area (Å²) in [5.74, 6) is -0.516. The summed E-state index contributed by atoms with van der Waals surface area (Å²) in [5.41, 5.74) is 2.83. The van der Waals surface area contributed by atoms with Crippen LogP contribution >= 0.6 is 11.6 Å². The Morgan fingerprint density at radius 1 is 1.17 bits per heavy atom. The van der Waals surface area contributed by atoms with Gasteiger partial charge in [-0.2, -0.15) is 5.10 Å². The maximum absolute atomic E-state index is 12.4. The van der Waals surface area contributed by atoms with Crippen LogP contribution in [0.4, 0.5) is 5.69 Å². The highest BCUT2D eigenvalue weighted by Gasteiger charge is 2.13. The lowest BCUT2D eigenvalue weighted by Gasteiger charge is -2.07. The molecule has 150 valence electrons. The van der Waals surface area contributed by atoms with E-state index in [9.17, 15) is 13.2 Å². The number of aromatic amines is 1. The van der Waals surface area contributed by atoms with Crippen LogP contribution in [0.15, 0.2) is 67.3 Å². The molecule has 7 nitrogen and oxygen atoms in total. The molecular formula is C20H19ClN4O3S. The third-order valence-corrected chi connectivity index (χ3v) is 5.51. The van der Waals surface area contributed by atoms with Crippen LogP contribution in [-0.2, 0) is 15.8 Å². The first kappa shape index (κ1) is 20.8. The predicted molar refractivity (Wildman–Crippen MR) is 114 cm³/mol. The summed E-state index contributed by atoms with van der Waals surface area (Å²) in [4.78, 5) is 12.4. The molecule has 0 spiro atoms. The van der Waals surface area contributed by atoms with Crippen molar-refractivity contribution in [3.05, 3.63) is 83.5 Å². The second-order valence-corrected chi connectivity index (χ2v) is 8.47. The van der Waals surface area contributed by atoms with E-state index < -0.39 is 10.0 Å². The van der Waals surface area contributed by atoms with Crippen LogP contribution in [0.25, 0.3) is 11.3 Å². The van der Waals surface area contributed by atoms with Gasteiger partial charge in [-0.1, -0.05) is 41.9 Å². The molecule has 0 unspecified atom stereocenters. The molecule has 0 saturated carbocycles. The molecular weight excluding hydrogens is 412 g/mol. The standard InChI is InChI=1S/C20H19ClN4O3S/c1-2-10-22-29(27,28)13-14-6-8-17(9-7-14)23-20(26)19-12-18(24-25-19)15-4-3-5-16(21)11-15/h2-9,11-12,22H,1,10,13H2,(H,23,26)(H,24,25). The van der Waals surface area contributed by atoms with Gasteiger partial charge < -0.3 is 5.32 Å². The van der Waals surface area contributed by atoms with Crippen LogP contribution in [0, 0.1) is 0 Å². The number of nitrogens with one attached hydrogen (secondary N) is 3. The van der Waals surface area contributed by atoms with Gasteiger partial charge in [0.2, 0.25) is 10.0 Å². The lowest BCUT2D eigenvalue weighted by atomic mass is 10.1. The quantitative estimate of drug-likeness (QED) is 0.475. The van der Waals surface area contributed by atoms with E-state index in [1.54, 1.807) is 48.5 Å². The summed E-state index contributed by atoms with van der Waals surface area (Å²) in [6.07, 6.45) is 1.48. The van der Waals surface area contributed by atoms with E-state index in [4.69, 9.17) is 11.6 Å². The molecule has 1 aromatic heterocycles. The highest BCUT2D eigenvalue weighted by atomic mass is 35.5. The molecule has 3 aromatic rings. The lowest BCUT2D eigenvalue weighted by molar-refractivity contribution is 0.102. The summed E-state index contributed by atoms with van der Waals surface area (Å²) < 4.78 is 26.2. The summed E-state index contributed by atoms with van der Waals surface area (Å²) in [7, 11) is -3.43. The van der Waals surface area contributed by atoms with Gasteiger partial charge in [-0.3, -0.25) is 9.89 Å². The van der Waals surface area contributed by atoms with Gasteiger partial charge in [-0.25, -0.2) is 13.1 Å². The van der Waals surface area contributed by atoms with Crippen molar-refractivity contribution in [1.29, 1.82) is 0 Å². The average molecular weight is 431 g/mol. The first-order valence-electron chi connectivity index (χ1n) is 8.66. The number of benzene rings is 2. The second-order valence-electron chi connectivity index (χ2n) is 6.22. The van der Waals surface area contributed by atoms with Crippen molar-refractivity contribution < 1.29 is 13.2 Å². The van der Waals surface area contributed by atoms with E-state index in [1.165, 1.54) is 6.08 Å². The minimum Gasteiger partial charge on any atom is -0.321 e.